The van der Waals surface area contributed by atoms with Crippen LogP contribution in [0.1, 0.15) is 19.3 Å². The number of aromatic nitrogens is 3. The van der Waals surface area contributed by atoms with Gasteiger partial charge in [-0.2, -0.15) is 5.10 Å². The molecule has 20 heavy (non-hydrogen) atoms. The zero-order valence-corrected chi connectivity index (χ0v) is 11.9. The zero-order valence-electron chi connectivity index (χ0n) is 11.9. The molecule has 5 nitrogen and oxygen atoms in total. The highest BCUT2D eigenvalue weighted by molar-refractivity contribution is 5.60. The van der Waals surface area contributed by atoms with Gasteiger partial charge in [0.1, 0.15) is 12.7 Å². The Morgan fingerprint density at radius 2 is 2.20 bits per heavy atom. The molecule has 2 aromatic rings. The fraction of sp³-hybridized carbons (Fsp3) is 0.467. The van der Waals surface area contributed by atoms with Crippen LogP contribution in [-0.4, -0.2) is 45.8 Å². The molecule has 0 saturated carbocycles. The SMILES string of the molecule is CN1CCCCC1CNc1ccccc1-n1cncn1. The van der Waals surface area contributed by atoms with Crippen LogP contribution in [0, 0.1) is 0 Å². The monoisotopic (exact) mass is 271 g/mol. The van der Waals surface area contributed by atoms with Crippen LogP contribution in [0.2, 0.25) is 0 Å². The molecule has 1 aliphatic rings. The molecule has 5 heteroatoms. The van der Waals surface area contributed by atoms with Crippen molar-refractivity contribution in [3.8, 4) is 5.69 Å². The molecule has 2 heterocycles. The van der Waals surface area contributed by atoms with Crippen LogP contribution in [0.4, 0.5) is 5.69 Å². The maximum absolute atomic E-state index is 4.21. The van der Waals surface area contributed by atoms with Crippen LogP contribution >= 0.6 is 0 Å². The summed E-state index contributed by atoms with van der Waals surface area (Å²) in [6.45, 7) is 2.18. The summed E-state index contributed by atoms with van der Waals surface area (Å²) in [6.07, 6.45) is 7.22. The van der Waals surface area contributed by atoms with Gasteiger partial charge in [0.2, 0.25) is 0 Å². The van der Waals surface area contributed by atoms with Gasteiger partial charge in [-0.25, -0.2) is 9.67 Å². The minimum atomic E-state index is 0.618. The highest BCUT2D eigenvalue weighted by Gasteiger charge is 2.18. The number of benzene rings is 1. The van der Waals surface area contributed by atoms with Gasteiger partial charge < -0.3 is 10.2 Å². The molecule has 0 amide bonds. The predicted octanol–water partition coefficient (Wildman–Crippen LogP) is 2.16. The Hall–Kier alpha value is -1.88. The van der Waals surface area contributed by atoms with E-state index in [1.165, 1.54) is 25.8 Å². The van der Waals surface area contributed by atoms with Crippen LogP contribution in [0.5, 0.6) is 0 Å². The molecular formula is C15H21N5. The number of piperidine rings is 1. The fourth-order valence-electron chi connectivity index (χ4n) is 2.79. The lowest BCUT2D eigenvalue weighted by atomic mass is 10.0. The molecule has 1 aliphatic heterocycles. The van der Waals surface area contributed by atoms with Crippen molar-refractivity contribution in [2.24, 2.45) is 0 Å². The topological polar surface area (TPSA) is 46.0 Å². The molecule has 1 N–H and O–H groups in total. The second-order valence-electron chi connectivity index (χ2n) is 5.37. The van der Waals surface area contributed by atoms with Crippen LogP contribution < -0.4 is 5.32 Å². The minimum absolute atomic E-state index is 0.618. The third kappa shape index (κ3) is 2.82. The second kappa shape index (κ2) is 6.05. The van der Waals surface area contributed by atoms with E-state index in [0.717, 1.165) is 17.9 Å². The molecule has 0 bridgehead atoms. The first-order valence-corrected chi connectivity index (χ1v) is 7.23. The van der Waals surface area contributed by atoms with E-state index < -0.39 is 0 Å². The van der Waals surface area contributed by atoms with E-state index in [4.69, 9.17) is 0 Å². The minimum Gasteiger partial charge on any atom is -0.382 e. The standard InChI is InChI=1S/C15H21N5/c1-19-9-5-4-6-13(19)10-17-14-7-2-3-8-15(14)20-12-16-11-18-20/h2-3,7-8,11-13,17H,4-6,9-10H2,1H3. The lowest BCUT2D eigenvalue weighted by Crippen LogP contribution is -2.40. The van der Waals surface area contributed by atoms with E-state index >= 15 is 0 Å². The number of para-hydroxylation sites is 2. The third-order valence-electron chi connectivity index (χ3n) is 4.02. The Morgan fingerprint density at radius 3 is 3.00 bits per heavy atom. The van der Waals surface area contributed by atoms with Gasteiger partial charge in [0.25, 0.3) is 0 Å². The van der Waals surface area contributed by atoms with Gasteiger partial charge in [-0.15, -0.1) is 0 Å². The fourth-order valence-corrected chi connectivity index (χ4v) is 2.79. The van der Waals surface area contributed by atoms with E-state index in [-0.39, 0.29) is 0 Å². The maximum atomic E-state index is 4.21. The summed E-state index contributed by atoms with van der Waals surface area (Å²) in [7, 11) is 2.22. The molecule has 1 fully saturated rings. The van der Waals surface area contributed by atoms with Crippen molar-refractivity contribution in [1.82, 2.24) is 19.7 Å². The van der Waals surface area contributed by atoms with Crippen molar-refractivity contribution in [2.75, 3.05) is 25.5 Å². The number of hydrogen-bond acceptors (Lipinski definition) is 4. The summed E-state index contributed by atoms with van der Waals surface area (Å²) in [5.41, 5.74) is 2.15. The first kappa shape index (κ1) is 13.1. The second-order valence-corrected chi connectivity index (χ2v) is 5.37. The lowest BCUT2D eigenvalue weighted by molar-refractivity contribution is 0.194. The molecular weight excluding hydrogens is 250 g/mol. The van der Waals surface area contributed by atoms with Gasteiger partial charge >= 0.3 is 0 Å². The van der Waals surface area contributed by atoms with Crippen molar-refractivity contribution in [1.29, 1.82) is 0 Å². The lowest BCUT2D eigenvalue weighted by Gasteiger charge is -2.32. The molecule has 1 saturated heterocycles. The van der Waals surface area contributed by atoms with Gasteiger partial charge in [-0.3, -0.25) is 0 Å². The number of anilines is 1. The number of hydrogen-bond donors (Lipinski definition) is 1. The molecule has 1 aromatic heterocycles. The quantitative estimate of drug-likeness (QED) is 0.925. The highest BCUT2D eigenvalue weighted by atomic mass is 15.3. The number of likely N-dealkylation sites (tertiary alicyclic amines) is 1. The maximum Gasteiger partial charge on any atom is 0.138 e. The van der Waals surface area contributed by atoms with E-state index in [1.54, 1.807) is 17.3 Å². The van der Waals surface area contributed by atoms with Crippen molar-refractivity contribution in [3.63, 3.8) is 0 Å². The van der Waals surface area contributed by atoms with Crippen LogP contribution in [0.25, 0.3) is 5.69 Å². The normalized spacial score (nSPS) is 19.9. The average molecular weight is 271 g/mol. The first-order valence-electron chi connectivity index (χ1n) is 7.23. The van der Waals surface area contributed by atoms with E-state index in [2.05, 4.69) is 39.5 Å². The number of rotatable bonds is 4. The van der Waals surface area contributed by atoms with Crippen LogP contribution in [0.3, 0.4) is 0 Å². The van der Waals surface area contributed by atoms with Gasteiger partial charge in [0.05, 0.1) is 11.4 Å². The molecule has 106 valence electrons. The smallest absolute Gasteiger partial charge is 0.138 e. The Balaban J connectivity index is 1.71. The summed E-state index contributed by atoms with van der Waals surface area (Å²) in [4.78, 5) is 6.47. The third-order valence-corrected chi connectivity index (χ3v) is 4.02. The summed E-state index contributed by atoms with van der Waals surface area (Å²) in [6, 6.07) is 8.84. The van der Waals surface area contributed by atoms with Gasteiger partial charge in [-0.05, 0) is 38.6 Å². The van der Waals surface area contributed by atoms with Gasteiger partial charge in [0, 0.05) is 12.6 Å². The summed E-state index contributed by atoms with van der Waals surface area (Å²) in [5, 5.41) is 7.78. The highest BCUT2D eigenvalue weighted by Crippen LogP contribution is 2.20. The molecule has 0 spiro atoms. The van der Waals surface area contributed by atoms with Crippen molar-refractivity contribution in [3.05, 3.63) is 36.9 Å². The molecule has 1 unspecified atom stereocenters. The van der Waals surface area contributed by atoms with Gasteiger partial charge in [0.15, 0.2) is 0 Å². The Kier molecular flexibility index (Phi) is 3.97. The van der Waals surface area contributed by atoms with Crippen molar-refractivity contribution in [2.45, 2.75) is 25.3 Å². The van der Waals surface area contributed by atoms with Crippen molar-refractivity contribution >= 4 is 5.69 Å². The molecule has 0 radical (unpaired) electrons. The molecule has 3 rings (SSSR count). The van der Waals surface area contributed by atoms with Crippen molar-refractivity contribution < 1.29 is 0 Å². The van der Waals surface area contributed by atoms with Crippen LogP contribution in [0.15, 0.2) is 36.9 Å². The summed E-state index contributed by atoms with van der Waals surface area (Å²) in [5.74, 6) is 0. The number of likely N-dealkylation sites (N-methyl/N-ethyl adjacent to an activating group) is 1. The van der Waals surface area contributed by atoms with E-state index in [9.17, 15) is 0 Å². The number of nitrogens with one attached hydrogen (secondary N) is 1. The summed E-state index contributed by atoms with van der Waals surface area (Å²) < 4.78 is 1.80. The average Bonchev–Trinajstić information content (AvgIpc) is 3.01. The Bertz CT molecular complexity index is 537. The summed E-state index contributed by atoms with van der Waals surface area (Å²) >= 11 is 0. The predicted molar refractivity (Wildman–Crippen MR) is 80.1 cm³/mol. The Morgan fingerprint density at radius 1 is 1.30 bits per heavy atom. The zero-order chi connectivity index (χ0) is 13.8. The Labute approximate surface area is 119 Å². The van der Waals surface area contributed by atoms with Gasteiger partial charge in [-0.1, -0.05) is 18.6 Å². The molecule has 0 aliphatic carbocycles. The molecule has 1 aromatic carbocycles. The van der Waals surface area contributed by atoms with E-state index in [0.29, 0.717) is 6.04 Å². The number of nitrogens with zero attached hydrogens (tertiary/aromatic N) is 4. The van der Waals surface area contributed by atoms with Crippen LogP contribution in [-0.2, 0) is 0 Å². The first-order chi connectivity index (χ1) is 9.84. The van der Waals surface area contributed by atoms with E-state index in [1.807, 2.05) is 12.1 Å². The largest absolute Gasteiger partial charge is 0.382 e. The molecule has 1 atom stereocenters.